The molecule has 34 heavy (non-hydrogen) atoms. The average Bonchev–Trinajstić information content (AvgIpc) is 3.38. The molecule has 3 aromatic rings. The fraction of sp³-hybridized carbons (Fsp3) is 0.241. The lowest BCUT2D eigenvalue weighted by molar-refractivity contribution is -0.134. The van der Waals surface area contributed by atoms with E-state index in [2.05, 4.69) is 5.32 Å². The van der Waals surface area contributed by atoms with E-state index in [1.165, 1.54) is 31.8 Å². The lowest BCUT2D eigenvalue weighted by Crippen LogP contribution is -2.27. The molecule has 0 saturated heterocycles. The second kappa shape index (κ2) is 11.3. The van der Waals surface area contributed by atoms with Gasteiger partial charge >= 0.3 is 5.97 Å². The minimum absolute atomic E-state index is 0.125. The molecule has 4 rings (SSSR count). The van der Waals surface area contributed by atoms with Crippen LogP contribution in [-0.4, -0.2) is 17.0 Å². The molecule has 1 amide bonds. The van der Waals surface area contributed by atoms with Gasteiger partial charge in [0.05, 0.1) is 0 Å². The highest BCUT2D eigenvalue weighted by Gasteiger charge is 2.18. The van der Waals surface area contributed by atoms with Gasteiger partial charge in [0.15, 0.2) is 0 Å². The Morgan fingerprint density at radius 2 is 1.59 bits per heavy atom. The summed E-state index contributed by atoms with van der Waals surface area (Å²) in [6.45, 7) is 0. The van der Waals surface area contributed by atoms with Gasteiger partial charge in [-0.1, -0.05) is 86.3 Å². The predicted octanol–water partition coefficient (Wildman–Crippen LogP) is 6.66. The molecule has 0 spiro atoms. The van der Waals surface area contributed by atoms with Crippen LogP contribution in [-0.2, 0) is 9.59 Å². The predicted molar refractivity (Wildman–Crippen MR) is 133 cm³/mol. The monoisotopic (exact) mass is 455 g/mol. The van der Waals surface area contributed by atoms with Crippen LogP contribution < -0.4 is 10.1 Å². The summed E-state index contributed by atoms with van der Waals surface area (Å²) in [5.74, 6) is 0.544. The fourth-order valence-corrected chi connectivity index (χ4v) is 4.34. The molecule has 1 saturated carbocycles. The van der Waals surface area contributed by atoms with Crippen molar-refractivity contribution in [3.05, 3.63) is 90.1 Å². The molecule has 5 heteroatoms. The first kappa shape index (κ1) is 23.3. The van der Waals surface area contributed by atoms with E-state index in [0.29, 0.717) is 23.7 Å². The van der Waals surface area contributed by atoms with Crippen LogP contribution in [0.2, 0.25) is 0 Å². The van der Waals surface area contributed by atoms with E-state index in [0.717, 1.165) is 23.3 Å². The molecule has 0 aromatic heterocycles. The number of hydrogen-bond acceptors (Lipinski definition) is 3. The Labute approximate surface area is 200 Å². The highest BCUT2D eigenvalue weighted by atomic mass is 16.5. The maximum absolute atomic E-state index is 12.3. The smallest absolute Gasteiger partial charge is 0.352 e. The molecule has 3 aromatic carbocycles. The van der Waals surface area contributed by atoms with Gasteiger partial charge in [-0.3, -0.25) is 4.79 Å². The van der Waals surface area contributed by atoms with E-state index in [1.54, 1.807) is 24.3 Å². The fourth-order valence-electron chi connectivity index (χ4n) is 4.34. The lowest BCUT2D eigenvalue weighted by Gasteiger charge is -2.12. The van der Waals surface area contributed by atoms with Gasteiger partial charge in [0.2, 0.25) is 5.91 Å². The summed E-state index contributed by atoms with van der Waals surface area (Å²) in [6.07, 6.45) is 7.42. The number of carbonyl (C=O) groups excluding carboxylic acids is 1. The molecule has 1 fully saturated rings. The van der Waals surface area contributed by atoms with Gasteiger partial charge in [0.25, 0.3) is 0 Å². The van der Waals surface area contributed by atoms with Crippen LogP contribution in [0.4, 0.5) is 0 Å². The van der Waals surface area contributed by atoms with Crippen LogP contribution in [0.3, 0.4) is 0 Å². The summed E-state index contributed by atoms with van der Waals surface area (Å²) < 4.78 is 6.11. The van der Waals surface area contributed by atoms with Crippen molar-refractivity contribution < 1.29 is 19.4 Å². The first-order chi connectivity index (χ1) is 16.6. The number of ether oxygens (including phenoxy) is 1. The molecule has 0 atom stereocenters. The van der Waals surface area contributed by atoms with Crippen molar-refractivity contribution in [3.8, 4) is 22.6 Å². The first-order valence-electron chi connectivity index (χ1n) is 11.8. The lowest BCUT2D eigenvalue weighted by atomic mass is 10.0. The summed E-state index contributed by atoms with van der Waals surface area (Å²) >= 11 is 0. The Bertz CT molecular complexity index is 1150. The highest BCUT2D eigenvalue weighted by Crippen LogP contribution is 2.33. The van der Waals surface area contributed by atoms with Crippen molar-refractivity contribution >= 4 is 18.0 Å². The minimum atomic E-state index is -1.16. The number of nitrogens with one attached hydrogen (secondary N) is 1. The zero-order valence-electron chi connectivity index (χ0n) is 19.1. The third-order valence-corrected chi connectivity index (χ3v) is 6.15. The molecule has 0 heterocycles. The first-order valence-corrected chi connectivity index (χ1v) is 11.8. The molecular formula is C29H29NO4. The molecule has 0 radical (unpaired) electrons. The van der Waals surface area contributed by atoms with Gasteiger partial charge in [-0.05, 0) is 47.7 Å². The van der Waals surface area contributed by atoms with Crippen molar-refractivity contribution in [1.82, 2.24) is 5.32 Å². The molecule has 174 valence electrons. The van der Waals surface area contributed by atoms with Crippen molar-refractivity contribution in [2.45, 2.75) is 38.5 Å². The number of benzene rings is 3. The zero-order valence-corrected chi connectivity index (χ0v) is 19.1. The van der Waals surface area contributed by atoms with Crippen molar-refractivity contribution in [3.63, 3.8) is 0 Å². The van der Waals surface area contributed by atoms with Gasteiger partial charge in [-0.2, -0.15) is 0 Å². The van der Waals surface area contributed by atoms with Crippen molar-refractivity contribution in [2.75, 3.05) is 0 Å². The second-order valence-corrected chi connectivity index (χ2v) is 8.63. The van der Waals surface area contributed by atoms with Crippen molar-refractivity contribution in [1.29, 1.82) is 0 Å². The van der Waals surface area contributed by atoms with Crippen LogP contribution in [0.25, 0.3) is 17.2 Å². The quantitative estimate of drug-likeness (QED) is 0.354. The summed E-state index contributed by atoms with van der Waals surface area (Å²) in [4.78, 5) is 23.9. The van der Waals surface area contributed by atoms with E-state index in [9.17, 15) is 14.7 Å². The molecule has 1 aliphatic carbocycles. The number of aliphatic carboxylic acids is 1. The molecule has 0 unspecified atom stereocenters. The van der Waals surface area contributed by atoms with E-state index in [-0.39, 0.29) is 11.6 Å². The Kier molecular flexibility index (Phi) is 7.76. The van der Waals surface area contributed by atoms with E-state index in [4.69, 9.17) is 4.74 Å². The highest BCUT2D eigenvalue weighted by molar-refractivity contribution is 5.96. The van der Waals surface area contributed by atoms with E-state index in [1.807, 2.05) is 54.6 Å². The maximum atomic E-state index is 12.3. The SMILES string of the molecule is O=C(CCC1CCCC1)N/C(=C\c1ccc(Oc2ccccc2-c2ccccc2)cc1)C(=O)O. The molecule has 2 N–H and O–H groups in total. The Morgan fingerprint density at radius 3 is 2.29 bits per heavy atom. The zero-order chi connectivity index (χ0) is 23.8. The Balaban J connectivity index is 1.42. The summed E-state index contributed by atoms with van der Waals surface area (Å²) in [5, 5.41) is 12.1. The average molecular weight is 456 g/mol. The third kappa shape index (κ3) is 6.35. The van der Waals surface area contributed by atoms with Gasteiger partial charge in [0.1, 0.15) is 17.2 Å². The minimum Gasteiger partial charge on any atom is -0.477 e. The van der Waals surface area contributed by atoms with Gasteiger partial charge in [0, 0.05) is 12.0 Å². The normalized spacial score (nSPS) is 14.1. The largest absolute Gasteiger partial charge is 0.477 e. The number of rotatable bonds is 9. The Morgan fingerprint density at radius 1 is 0.912 bits per heavy atom. The van der Waals surface area contributed by atoms with Gasteiger partial charge in [-0.25, -0.2) is 4.79 Å². The third-order valence-electron chi connectivity index (χ3n) is 6.15. The number of carboxylic acids is 1. The van der Waals surface area contributed by atoms with E-state index >= 15 is 0 Å². The van der Waals surface area contributed by atoms with Gasteiger partial charge in [-0.15, -0.1) is 0 Å². The Hall–Kier alpha value is -3.86. The topological polar surface area (TPSA) is 75.6 Å². The number of para-hydroxylation sites is 1. The molecule has 0 bridgehead atoms. The maximum Gasteiger partial charge on any atom is 0.352 e. The molecule has 1 aliphatic rings. The number of amides is 1. The molecule has 0 aliphatic heterocycles. The standard InChI is InChI=1S/C29H29NO4/c31-28(19-16-21-8-4-5-9-21)30-26(29(32)33)20-22-14-17-24(18-15-22)34-27-13-7-6-12-25(27)23-10-2-1-3-11-23/h1-3,6-7,10-15,17-18,20-21H,4-5,8-9,16,19H2,(H,30,31)(H,32,33)/b26-20-. The summed E-state index contributed by atoms with van der Waals surface area (Å²) in [6, 6.07) is 25.0. The number of carbonyl (C=O) groups is 2. The summed E-state index contributed by atoms with van der Waals surface area (Å²) in [7, 11) is 0. The van der Waals surface area contributed by atoms with Gasteiger partial charge < -0.3 is 15.2 Å². The number of hydrogen-bond donors (Lipinski definition) is 2. The van der Waals surface area contributed by atoms with Crippen molar-refractivity contribution in [2.24, 2.45) is 5.92 Å². The second-order valence-electron chi connectivity index (χ2n) is 8.63. The van der Waals surface area contributed by atoms with Crippen LogP contribution in [0.1, 0.15) is 44.1 Å². The van der Waals surface area contributed by atoms with E-state index < -0.39 is 5.97 Å². The van der Waals surface area contributed by atoms with Crippen LogP contribution in [0.5, 0.6) is 11.5 Å². The van der Waals surface area contributed by atoms with Crippen LogP contribution in [0.15, 0.2) is 84.6 Å². The van der Waals surface area contributed by atoms with Crippen LogP contribution in [0, 0.1) is 5.92 Å². The molecular weight excluding hydrogens is 426 g/mol. The van der Waals surface area contributed by atoms with Crippen LogP contribution >= 0.6 is 0 Å². The number of carboxylic acid groups (broad SMARTS) is 1. The summed E-state index contributed by atoms with van der Waals surface area (Å²) in [5.41, 5.74) is 2.59. The molecule has 5 nitrogen and oxygen atoms in total.